The van der Waals surface area contributed by atoms with Crippen LogP contribution in [0.15, 0.2) is 170 Å². The van der Waals surface area contributed by atoms with Gasteiger partial charge in [0, 0.05) is 45.3 Å². The number of fused-ring (bicyclic) bond motifs is 7. The molecule has 312 valence electrons. The minimum absolute atomic E-state index is 0.184. The molecule has 0 N–H and O–H groups in total. The second-order valence-electron chi connectivity index (χ2n) is 19.1. The van der Waals surface area contributed by atoms with Crippen LogP contribution in [0.3, 0.4) is 0 Å². The van der Waals surface area contributed by atoms with Gasteiger partial charge in [0.2, 0.25) is 0 Å². The van der Waals surface area contributed by atoms with Crippen molar-refractivity contribution in [2.75, 3.05) is 0 Å². The highest BCUT2D eigenvalue weighted by atomic mass is 15.1. The van der Waals surface area contributed by atoms with E-state index in [1.54, 1.807) is 0 Å². The second-order valence-corrected chi connectivity index (χ2v) is 19.1. The lowest BCUT2D eigenvalue weighted by Crippen LogP contribution is -2.40. The van der Waals surface area contributed by atoms with Crippen LogP contribution in [0.2, 0.25) is 0 Å². The third kappa shape index (κ3) is 5.83. The van der Waals surface area contributed by atoms with Crippen LogP contribution in [0.5, 0.6) is 0 Å². The van der Waals surface area contributed by atoms with Gasteiger partial charge < -0.3 is 0 Å². The number of hydrogen-bond donors (Lipinski definition) is 0. The Kier molecular flexibility index (Phi) is 8.95. The minimum atomic E-state index is -0.409. The molecule has 64 heavy (non-hydrogen) atoms. The van der Waals surface area contributed by atoms with Gasteiger partial charge in [-0.15, -0.1) is 0 Å². The molecule has 4 aliphatic rings. The van der Waals surface area contributed by atoms with E-state index in [-0.39, 0.29) is 11.3 Å². The van der Waals surface area contributed by atoms with E-state index in [1.165, 1.54) is 55.5 Å². The molecule has 5 atom stereocenters. The smallest absolute Gasteiger partial charge is 0.165 e. The van der Waals surface area contributed by atoms with Crippen molar-refractivity contribution in [2.24, 2.45) is 11.8 Å². The monoisotopic (exact) mass is 829 g/mol. The quantitative estimate of drug-likeness (QED) is 0.167. The molecule has 0 amide bonds. The van der Waals surface area contributed by atoms with E-state index < -0.39 is 5.41 Å². The Morgan fingerprint density at radius 3 is 2.02 bits per heavy atom. The van der Waals surface area contributed by atoms with Crippen LogP contribution < -0.4 is 0 Å². The van der Waals surface area contributed by atoms with Gasteiger partial charge in [0.05, 0.1) is 10.9 Å². The predicted octanol–water partition coefficient (Wildman–Crippen LogP) is 13.8. The van der Waals surface area contributed by atoms with Crippen LogP contribution in [0, 0.1) is 11.8 Å². The van der Waals surface area contributed by atoms with Gasteiger partial charge in [-0.05, 0) is 106 Å². The molecular weight excluding hydrogens is 779 g/mol. The van der Waals surface area contributed by atoms with E-state index in [4.69, 9.17) is 19.9 Å². The molecule has 5 nitrogen and oxygen atoms in total. The maximum atomic E-state index is 5.35. The van der Waals surface area contributed by atoms with Crippen LogP contribution >= 0.6 is 0 Å². The fourth-order valence-electron chi connectivity index (χ4n) is 12.1. The van der Waals surface area contributed by atoms with Crippen molar-refractivity contribution in [1.29, 1.82) is 0 Å². The Morgan fingerprint density at radius 2 is 1.31 bits per heavy atom. The molecule has 4 aliphatic carbocycles. The molecule has 3 heterocycles. The van der Waals surface area contributed by atoms with Crippen LogP contribution in [0.25, 0.3) is 57.0 Å². The molecule has 12 rings (SSSR count). The van der Waals surface area contributed by atoms with Gasteiger partial charge in [0.15, 0.2) is 17.5 Å². The number of rotatable bonds is 6. The lowest BCUT2D eigenvalue weighted by molar-refractivity contribution is 0.366. The Hall–Kier alpha value is -6.98. The zero-order chi connectivity index (χ0) is 43.2. The topological polar surface area (TPSA) is 56.5 Å². The van der Waals surface area contributed by atoms with Crippen LogP contribution in [-0.4, -0.2) is 24.5 Å². The Labute approximate surface area is 376 Å². The van der Waals surface area contributed by atoms with Gasteiger partial charge in [-0.1, -0.05) is 167 Å². The highest BCUT2D eigenvalue weighted by Gasteiger charge is 2.58. The summed E-state index contributed by atoms with van der Waals surface area (Å²) in [5.74, 6) is 4.41. The third-order valence-electron chi connectivity index (χ3n) is 15.0. The number of aromatic nitrogens is 5. The standard InChI is InChI=1S/C59H51N5/c1-37-31-39(3)54-48(32-37)47-34-49-50(59(44-21-10-6-11-22-44,45-23-12-7-13-24-45)52-25-14-15-30-58(49,52)4)35-51(47)64(54)53-29-28-43(36-60-53)57-62-55(41-18-8-5-9-19-41)61-56(63-57)42-27-26-40-20-16-17-38(2)46(40)33-42/h5-16,18-30,33-39,52H,17,31-32H2,1-4H3. The molecule has 5 aromatic carbocycles. The van der Waals surface area contributed by atoms with E-state index in [1.807, 2.05) is 24.4 Å². The normalized spacial score (nSPS) is 22.5. The van der Waals surface area contributed by atoms with Gasteiger partial charge in [-0.3, -0.25) is 4.57 Å². The summed E-state index contributed by atoms with van der Waals surface area (Å²) in [6.45, 7) is 9.58. The second kappa shape index (κ2) is 14.8. The lowest BCUT2D eigenvalue weighted by Gasteiger charge is -2.42. The summed E-state index contributed by atoms with van der Waals surface area (Å²) >= 11 is 0. The first-order chi connectivity index (χ1) is 31.3. The average molecular weight is 830 g/mol. The first-order valence-corrected chi connectivity index (χ1v) is 23.1. The molecule has 8 aromatic rings. The third-order valence-corrected chi connectivity index (χ3v) is 15.0. The Balaban J connectivity index is 1.05. The SMILES string of the molecule is CC1Cc2c(n(-c3ccc(-c4nc(-c5ccccc5)nc(-c5ccc6c(c5)C(C)CC=C6)n4)cn3)c3cc4c(cc23)C2(C)C=CC=CC2C4(c2ccccc2)c2ccccc2)C(C)C1. The summed E-state index contributed by atoms with van der Waals surface area (Å²) in [6.07, 6.45) is 19.1. The van der Waals surface area contributed by atoms with Crippen molar-refractivity contribution in [2.45, 2.75) is 69.6 Å². The van der Waals surface area contributed by atoms with Gasteiger partial charge in [-0.25, -0.2) is 19.9 Å². The van der Waals surface area contributed by atoms with E-state index >= 15 is 0 Å². The lowest BCUT2D eigenvalue weighted by atomic mass is 9.60. The number of allylic oxidation sites excluding steroid dienone is 5. The zero-order valence-electron chi connectivity index (χ0n) is 36.9. The molecule has 3 aromatic heterocycles. The Bertz CT molecular complexity index is 3160. The van der Waals surface area contributed by atoms with Gasteiger partial charge in [0.1, 0.15) is 5.82 Å². The number of nitrogens with zero attached hydrogens (tertiary/aromatic N) is 5. The number of benzene rings is 5. The number of pyridine rings is 1. The fraction of sp³-hybridized carbons (Fsp3) is 0.220. The van der Waals surface area contributed by atoms with Gasteiger partial charge in [0.25, 0.3) is 0 Å². The molecule has 0 spiro atoms. The highest BCUT2D eigenvalue weighted by molar-refractivity contribution is 5.91. The Morgan fingerprint density at radius 1 is 0.641 bits per heavy atom. The molecule has 5 heteroatoms. The summed E-state index contributed by atoms with van der Waals surface area (Å²) in [5.41, 5.74) is 14.3. The summed E-state index contributed by atoms with van der Waals surface area (Å²) < 4.78 is 2.50. The first kappa shape index (κ1) is 38.7. The van der Waals surface area contributed by atoms with E-state index in [0.29, 0.717) is 35.2 Å². The number of hydrogen-bond acceptors (Lipinski definition) is 4. The average Bonchev–Trinajstić information content (AvgIpc) is 3.78. The van der Waals surface area contributed by atoms with Crippen LogP contribution in [0.4, 0.5) is 0 Å². The molecule has 5 unspecified atom stereocenters. The van der Waals surface area contributed by atoms with Crippen molar-refractivity contribution in [3.05, 3.63) is 215 Å². The van der Waals surface area contributed by atoms with Crippen molar-refractivity contribution >= 4 is 17.0 Å². The van der Waals surface area contributed by atoms with E-state index in [2.05, 4.69) is 184 Å². The summed E-state index contributed by atoms with van der Waals surface area (Å²) in [6, 6.07) is 48.8. The molecular formula is C59H51N5. The summed E-state index contributed by atoms with van der Waals surface area (Å²) in [5, 5.41) is 1.35. The van der Waals surface area contributed by atoms with Crippen LogP contribution in [-0.2, 0) is 17.3 Å². The van der Waals surface area contributed by atoms with Crippen molar-refractivity contribution in [3.8, 4) is 40.0 Å². The highest BCUT2D eigenvalue weighted by Crippen LogP contribution is 2.63. The fourth-order valence-corrected chi connectivity index (χ4v) is 12.1. The zero-order valence-corrected chi connectivity index (χ0v) is 36.9. The molecule has 0 bridgehead atoms. The van der Waals surface area contributed by atoms with E-state index in [9.17, 15) is 0 Å². The predicted molar refractivity (Wildman–Crippen MR) is 261 cm³/mol. The molecule has 0 fully saturated rings. The summed E-state index contributed by atoms with van der Waals surface area (Å²) in [4.78, 5) is 20.7. The first-order valence-electron chi connectivity index (χ1n) is 23.1. The molecule has 0 aliphatic heterocycles. The maximum Gasteiger partial charge on any atom is 0.165 e. The van der Waals surface area contributed by atoms with Crippen molar-refractivity contribution < 1.29 is 0 Å². The van der Waals surface area contributed by atoms with Crippen molar-refractivity contribution in [1.82, 2.24) is 24.5 Å². The van der Waals surface area contributed by atoms with Gasteiger partial charge >= 0.3 is 0 Å². The van der Waals surface area contributed by atoms with Crippen molar-refractivity contribution in [3.63, 3.8) is 0 Å². The largest absolute Gasteiger partial charge is 0.298 e. The molecule has 0 saturated heterocycles. The molecule has 0 radical (unpaired) electrons. The van der Waals surface area contributed by atoms with Crippen LogP contribution in [0.1, 0.15) is 97.0 Å². The van der Waals surface area contributed by atoms with E-state index in [0.717, 1.165) is 41.8 Å². The minimum Gasteiger partial charge on any atom is -0.298 e. The summed E-state index contributed by atoms with van der Waals surface area (Å²) in [7, 11) is 0. The maximum absolute atomic E-state index is 5.35. The molecule has 0 saturated carbocycles. The van der Waals surface area contributed by atoms with Gasteiger partial charge in [-0.2, -0.15) is 0 Å².